The number of rotatable bonds is 4. The van der Waals surface area contributed by atoms with E-state index in [1.165, 1.54) is 6.92 Å². The maximum atomic E-state index is 12.1. The topological polar surface area (TPSA) is 74.3 Å². The van der Waals surface area contributed by atoms with Crippen molar-refractivity contribution in [3.63, 3.8) is 0 Å². The maximum Gasteiger partial charge on any atom is 0.341 e. The minimum absolute atomic E-state index is 0.450. The Labute approximate surface area is 110 Å². The van der Waals surface area contributed by atoms with Gasteiger partial charge in [-0.3, -0.25) is 4.79 Å². The number of hydrogen-bond donors (Lipinski definition) is 1. The summed E-state index contributed by atoms with van der Waals surface area (Å²) in [5.41, 5.74) is 6.50. The Kier molecular flexibility index (Phi) is 3.55. The van der Waals surface area contributed by atoms with Crippen LogP contribution in [0.4, 0.5) is 0 Å². The van der Waals surface area contributed by atoms with Crippen LogP contribution in [0.5, 0.6) is 0 Å². The quantitative estimate of drug-likeness (QED) is 0.850. The molecular weight excluding hydrogens is 244 g/mol. The molecule has 0 spiro atoms. The minimum atomic E-state index is -0.934. The molecule has 0 bridgehead atoms. The summed E-state index contributed by atoms with van der Waals surface area (Å²) in [6, 6.07) is 7.56. The fourth-order valence-corrected chi connectivity index (χ4v) is 1.95. The highest BCUT2D eigenvalue weighted by molar-refractivity contribution is 6.05. The van der Waals surface area contributed by atoms with Crippen molar-refractivity contribution in [2.24, 2.45) is 5.73 Å². The van der Waals surface area contributed by atoms with Crippen molar-refractivity contribution in [1.29, 1.82) is 0 Å². The predicted molar refractivity (Wildman–Crippen MR) is 71.7 cm³/mol. The first kappa shape index (κ1) is 13.1. The Morgan fingerprint density at radius 1 is 1.37 bits per heavy atom. The smallest absolute Gasteiger partial charge is 0.341 e. The zero-order valence-electron chi connectivity index (χ0n) is 10.9. The van der Waals surface area contributed by atoms with Gasteiger partial charge in [0.25, 0.3) is 5.91 Å². The molecule has 0 saturated heterocycles. The molecule has 2 aromatic rings. The molecule has 0 saturated carbocycles. The molecule has 1 atom stereocenters. The highest BCUT2D eigenvalue weighted by Gasteiger charge is 2.20. The zero-order chi connectivity index (χ0) is 14.0. The van der Waals surface area contributed by atoms with Gasteiger partial charge in [0.1, 0.15) is 0 Å². The summed E-state index contributed by atoms with van der Waals surface area (Å²) in [6.07, 6.45) is 0.803. The Morgan fingerprint density at radius 3 is 2.68 bits per heavy atom. The molecular formula is C14H16N2O3. The number of ether oxygens (including phenoxy) is 1. The second-order valence-corrected chi connectivity index (χ2v) is 4.30. The third-order valence-electron chi connectivity index (χ3n) is 3.03. The van der Waals surface area contributed by atoms with E-state index in [1.807, 2.05) is 35.8 Å². The number of carbonyl (C=O) groups is 2. The van der Waals surface area contributed by atoms with Crippen LogP contribution in [0, 0.1) is 0 Å². The van der Waals surface area contributed by atoms with Crippen LogP contribution in [0.15, 0.2) is 30.5 Å². The van der Waals surface area contributed by atoms with Crippen molar-refractivity contribution in [1.82, 2.24) is 4.57 Å². The van der Waals surface area contributed by atoms with Gasteiger partial charge in [-0.15, -0.1) is 0 Å². The number of carbonyl (C=O) groups excluding carboxylic acids is 2. The van der Waals surface area contributed by atoms with E-state index in [0.717, 1.165) is 17.4 Å². The average Bonchev–Trinajstić information content (AvgIpc) is 2.77. The molecule has 100 valence electrons. The SMILES string of the molecule is CCn1cc(C(=O)OC(C)C(N)=O)c2ccccc21. The molecule has 2 N–H and O–H groups in total. The van der Waals surface area contributed by atoms with Crippen LogP contribution >= 0.6 is 0 Å². The Hall–Kier alpha value is -2.30. The molecule has 5 heteroatoms. The monoisotopic (exact) mass is 260 g/mol. The first-order valence-corrected chi connectivity index (χ1v) is 6.12. The van der Waals surface area contributed by atoms with Crippen molar-refractivity contribution >= 4 is 22.8 Å². The number of hydrogen-bond acceptors (Lipinski definition) is 3. The highest BCUT2D eigenvalue weighted by Crippen LogP contribution is 2.22. The molecule has 1 unspecified atom stereocenters. The highest BCUT2D eigenvalue weighted by atomic mass is 16.5. The molecule has 0 aliphatic rings. The second-order valence-electron chi connectivity index (χ2n) is 4.30. The first-order valence-electron chi connectivity index (χ1n) is 6.12. The van der Waals surface area contributed by atoms with Gasteiger partial charge >= 0.3 is 5.97 Å². The molecule has 0 fully saturated rings. The van der Waals surface area contributed by atoms with Gasteiger partial charge in [0.05, 0.1) is 5.56 Å². The summed E-state index contributed by atoms with van der Waals surface area (Å²) in [6.45, 7) is 4.20. The summed E-state index contributed by atoms with van der Waals surface area (Å²) in [4.78, 5) is 23.0. The summed E-state index contributed by atoms with van der Waals surface area (Å²) >= 11 is 0. The number of aromatic nitrogens is 1. The second kappa shape index (κ2) is 5.14. The fraction of sp³-hybridized carbons (Fsp3) is 0.286. The molecule has 0 radical (unpaired) electrons. The van der Waals surface area contributed by atoms with E-state index < -0.39 is 18.0 Å². The van der Waals surface area contributed by atoms with Crippen molar-refractivity contribution in [3.8, 4) is 0 Å². The van der Waals surface area contributed by atoms with E-state index in [9.17, 15) is 9.59 Å². The number of primary amides is 1. The maximum absolute atomic E-state index is 12.1. The molecule has 1 heterocycles. The van der Waals surface area contributed by atoms with Crippen LogP contribution in [-0.4, -0.2) is 22.5 Å². The molecule has 1 amide bonds. The number of nitrogens with two attached hydrogens (primary N) is 1. The molecule has 0 aliphatic carbocycles. The van der Waals surface area contributed by atoms with Crippen LogP contribution in [0.2, 0.25) is 0 Å². The van der Waals surface area contributed by atoms with Gasteiger partial charge in [-0.05, 0) is 19.9 Å². The molecule has 1 aromatic carbocycles. The van der Waals surface area contributed by atoms with Gasteiger partial charge in [0.2, 0.25) is 0 Å². The van der Waals surface area contributed by atoms with Crippen molar-refractivity contribution in [2.45, 2.75) is 26.5 Å². The van der Waals surface area contributed by atoms with E-state index in [2.05, 4.69) is 0 Å². The number of benzene rings is 1. The molecule has 2 rings (SSSR count). The van der Waals surface area contributed by atoms with Gasteiger partial charge in [0, 0.05) is 23.6 Å². The van der Waals surface area contributed by atoms with Crippen LogP contribution in [0.1, 0.15) is 24.2 Å². The molecule has 0 aliphatic heterocycles. The lowest BCUT2D eigenvalue weighted by molar-refractivity contribution is -0.125. The van der Waals surface area contributed by atoms with Crippen LogP contribution in [0.25, 0.3) is 10.9 Å². The molecule has 1 aromatic heterocycles. The van der Waals surface area contributed by atoms with E-state index in [1.54, 1.807) is 6.20 Å². The van der Waals surface area contributed by atoms with Gasteiger partial charge < -0.3 is 15.0 Å². The van der Waals surface area contributed by atoms with E-state index in [0.29, 0.717) is 5.56 Å². The Balaban J connectivity index is 2.40. The van der Waals surface area contributed by atoms with Crippen LogP contribution in [-0.2, 0) is 16.1 Å². The van der Waals surface area contributed by atoms with Gasteiger partial charge in [0.15, 0.2) is 6.10 Å². The Morgan fingerprint density at radius 2 is 2.05 bits per heavy atom. The average molecular weight is 260 g/mol. The third kappa shape index (κ3) is 2.45. The Bertz CT molecular complexity index is 631. The van der Waals surface area contributed by atoms with Crippen LogP contribution in [0.3, 0.4) is 0 Å². The normalized spacial score (nSPS) is 12.3. The van der Waals surface area contributed by atoms with E-state index in [-0.39, 0.29) is 0 Å². The van der Waals surface area contributed by atoms with E-state index >= 15 is 0 Å². The van der Waals surface area contributed by atoms with Crippen molar-refractivity contribution in [3.05, 3.63) is 36.0 Å². The standard InChI is InChI=1S/C14H16N2O3/c1-3-16-8-11(10-6-4-5-7-12(10)16)14(18)19-9(2)13(15)17/h4-9H,3H2,1-2H3,(H2,15,17). The number of aryl methyl sites for hydroxylation is 1. The van der Waals surface area contributed by atoms with Crippen molar-refractivity contribution < 1.29 is 14.3 Å². The summed E-state index contributed by atoms with van der Waals surface area (Å²) in [5, 5.41) is 0.811. The zero-order valence-corrected chi connectivity index (χ0v) is 10.9. The van der Waals surface area contributed by atoms with Gasteiger partial charge in [-0.1, -0.05) is 18.2 Å². The largest absolute Gasteiger partial charge is 0.449 e. The predicted octanol–water partition coefficient (Wildman–Crippen LogP) is 1.69. The van der Waals surface area contributed by atoms with E-state index in [4.69, 9.17) is 10.5 Å². The summed E-state index contributed by atoms with van der Waals surface area (Å²) in [5.74, 6) is -1.19. The molecule has 5 nitrogen and oxygen atoms in total. The number of fused-ring (bicyclic) bond motifs is 1. The lowest BCUT2D eigenvalue weighted by atomic mass is 10.2. The minimum Gasteiger partial charge on any atom is -0.449 e. The van der Waals surface area contributed by atoms with Gasteiger partial charge in [-0.25, -0.2) is 4.79 Å². The lowest BCUT2D eigenvalue weighted by Gasteiger charge is -2.08. The first-order chi connectivity index (χ1) is 9.04. The number of esters is 1. The fourth-order valence-electron chi connectivity index (χ4n) is 1.95. The van der Waals surface area contributed by atoms with Crippen LogP contribution < -0.4 is 5.73 Å². The summed E-state index contributed by atoms with van der Waals surface area (Å²) < 4.78 is 7.00. The number of nitrogens with zero attached hydrogens (tertiary/aromatic N) is 1. The third-order valence-corrected chi connectivity index (χ3v) is 3.03. The molecule has 19 heavy (non-hydrogen) atoms. The summed E-state index contributed by atoms with van der Waals surface area (Å²) in [7, 11) is 0. The van der Waals surface area contributed by atoms with Gasteiger partial charge in [-0.2, -0.15) is 0 Å². The van der Waals surface area contributed by atoms with Crippen molar-refractivity contribution in [2.75, 3.05) is 0 Å². The number of amides is 1. The lowest BCUT2D eigenvalue weighted by Crippen LogP contribution is -2.30. The number of para-hydroxylation sites is 1.